The van der Waals surface area contributed by atoms with Gasteiger partial charge < -0.3 is 10.2 Å². The topological polar surface area (TPSA) is 58.1 Å². The predicted octanol–water partition coefficient (Wildman–Crippen LogP) is 2.99. The maximum absolute atomic E-state index is 12.3. The minimum absolute atomic E-state index is 0.110. The lowest BCUT2D eigenvalue weighted by molar-refractivity contribution is 0.102. The molecule has 118 valence electrons. The molecule has 2 aromatic rings. The van der Waals surface area contributed by atoms with E-state index in [1.165, 1.54) is 24.1 Å². The summed E-state index contributed by atoms with van der Waals surface area (Å²) in [6.45, 7) is 5.53. The van der Waals surface area contributed by atoms with Gasteiger partial charge in [-0.05, 0) is 25.0 Å². The highest BCUT2D eigenvalue weighted by atomic mass is 16.1. The van der Waals surface area contributed by atoms with Crippen LogP contribution in [0.1, 0.15) is 42.6 Å². The van der Waals surface area contributed by atoms with Crippen molar-refractivity contribution < 1.29 is 4.79 Å². The van der Waals surface area contributed by atoms with Gasteiger partial charge in [0.2, 0.25) is 0 Å². The number of pyridine rings is 2. The third kappa shape index (κ3) is 2.56. The zero-order valence-corrected chi connectivity index (χ0v) is 13.4. The molecule has 0 spiro atoms. The van der Waals surface area contributed by atoms with Crippen molar-refractivity contribution in [1.82, 2.24) is 9.97 Å². The molecule has 5 nitrogen and oxygen atoms in total. The van der Waals surface area contributed by atoms with Crippen LogP contribution in [0.2, 0.25) is 0 Å². The Kier molecular flexibility index (Phi) is 3.11. The Morgan fingerprint density at radius 3 is 2.74 bits per heavy atom. The van der Waals surface area contributed by atoms with Crippen molar-refractivity contribution in [3.63, 3.8) is 0 Å². The molecule has 0 atom stereocenters. The Hall–Kier alpha value is -2.43. The number of hydrogen-bond acceptors (Lipinski definition) is 4. The molecule has 1 fully saturated rings. The summed E-state index contributed by atoms with van der Waals surface area (Å²) < 4.78 is 0. The Morgan fingerprint density at radius 1 is 1.30 bits per heavy atom. The molecule has 4 rings (SSSR count). The van der Waals surface area contributed by atoms with E-state index in [0.717, 1.165) is 6.54 Å². The van der Waals surface area contributed by atoms with Gasteiger partial charge in [0, 0.05) is 59.5 Å². The summed E-state index contributed by atoms with van der Waals surface area (Å²) in [4.78, 5) is 23.1. The molecular formula is C18H20N4O. The zero-order chi connectivity index (χ0) is 16.0. The second-order valence-corrected chi connectivity index (χ2v) is 7.02. The van der Waals surface area contributed by atoms with E-state index in [4.69, 9.17) is 0 Å². The highest BCUT2D eigenvalue weighted by Gasteiger charge is 2.42. The number of hydrogen-bond donors (Lipinski definition) is 1. The Bertz CT molecular complexity index is 753. The van der Waals surface area contributed by atoms with Gasteiger partial charge in [-0.25, -0.2) is 4.98 Å². The highest BCUT2D eigenvalue weighted by Crippen LogP contribution is 2.45. The molecule has 3 heterocycles. The van der Waals surface area contributed by atoms with Gasteiger partial charge >= 0.3 is 0 Å². The second-order valence-electron chi connectivity index (χ2n) is 7.02. The second kappa shape index (κ2) is 5.05. The fraction of sp³-hybridized carbons (Fsp3) is 0.389. The van der Waals surface area contributed by atoms with E-state index in [1.807, 2.05) is 12.3 Å². The Balaban J connectivity index is 1.62. The van der Waals surface area contributed by atoms with Gasteiger partial charge in [0.15, 0.2) is 0 Å². The van der Waals surface area contributed by atoms with Crippen molar-refractivity contribution in [2.45, 2.75) is 38.1 Å². The van der Waals surface area contributed by atoms with Crippen LogP contribution in [0, 0.1) is 0 Å². The molecule has 0 aromatic carbocycles. The first-order chi connectivity index (χ1) is 11.0. The van der Waals surface area contributed by atoms with Gasteiger partial charge in [-0.1, -0.05) is 13.8 Å². The first kappa shape index (κ1) is 14.2. The lowest BCUT2D eigenvalue weighted by Gasteiger charge is -2.21. The molecule has 2 aromatic heterocycles. The molecule has 0 radical (unpaired) electrons. The van der Waals surface area contributed by atoms with Crippen LogP contribution in [-0.2, 0) is 5.41 Å². The number of nitrogens with zero attached hydrogens (tertiary/aromatic N) is 3. The average Bonchev–Trinajstić information content (AvgIpc) is 3.34. The van der Waals surface area contributed by atoms with E-state index >= 15 is 0 Å². The summed E-state index contributed by atoms with van der Waals surface area (Å²) >= 11 is 0. The minimum atomic E-state index is -0.157. The maximum Gasteiger partial charge on any atom is 0.256 e. The van der Waals surface area contributed by atoms with Crippen molar-refractivity contribution in [2.75, 3.05) is 16.8 Å². The van der Waals surface area contributed by atoms with Gasteiger partial charge in [-0.2, -0.15) is 0 Å². The standard InChI is InChI=1S/C18H20N4O/c1-18(2)11-22(13-3-4-13)15-9-16(20-10-14(15)18)21-17(23)12-5-7-19-8-6-12/h5-10,13H,3-4,11H2,1-2H3,(H,20,21,23). The van der Waals surface area contributed by atoms with Crippen LogP contribution in [0.15, 0.2) is 36.8 Å². The average molecular weight is 308 g/mol. The van der Waals surface area contributed by atoms with Crippen molar-refractivity contribution >= 4 is 17.4 Å². The lowest BCUT2D eigenvalue weighted by atomic mass is 9.88. The molecule has 1 saturated carbocycles. The summed E-state index contributed by atoms with van der Waals surface area (Å²) in [7, 11) is 0. The molecule has 0 saturated heterocycles. The zero-order valence-electron chi connectivity index (χ0n) is 13.4. The van der Waals surface area contributed by atoms with Gasteiger partial charge in [0.05, 0.1) is 0 Å². The van der Waals surface area contributed by atoms with Crippen LogP contribution in [0.25, 0.3) is 0 Å². The van der Waals surface area contributed by atoms with Crippen molar-refractivity contribution in [3.8, 4) is 0 Å². The van der Waals surface area contributed by atoms with Crippen LogP contribution in [0.3, 0.4) is 0 Å². The van der Waals surface area contributed by atoms with Crippen LogP contribution < -0.4 is 10.2 Å². The summed E-state index contributed by atoms with van der Waals surface area (Å²) in [6, 6.07) is 6.06. The van der Waals surface area contributed by atoms with Crippen molar-refractivity contribution in [1.29, 1.82) is 0 Å². The fourth-order valence-electron chi connectivity index (χ4n) is 3.27. The number of aromatic nitrogens is 2. The fourth-order valence-corrected chi connectivity index (χ4v) is 3.27. The molecule has 0 bridgehead atoms. The number of rotatable bonds is 3. The number of fused-ring (bicyclic) bond motifs is 1. The first-order valence-corrected chi connectivity index (χ1v) is 8.03. The molecular weight excluding hydrogens is 288 g/mol. The number of nitrogens with one attached hydrogen (secondary N) is 1. The van der Waals surface area contributed by atoms with Gasteiger partial charge in [-0.15, -0.1) is 0 Å². The Labute approximate surface area is 135 Å². The smallest absolute Gasteiger partial charge is 0.256 e. The van der Waals surface area contributed by atoms with E-state index in [2.05, 4.69) is 34.0 Å². The molecule has 2 aliphatic rings. The monoisotopic (exact) mass is 308 g/mol. The van der Waals surface area contributed by atoms with Crippen LogP contribution in [-0.4, -0.2) is 28.5 Å². The van der Waals surface area contributed by atoms with Crippen LogP contribution in [0.4, 0.5) is 11.5 Å². The number of anilines is 2. The van der Waals surface area contributed by atoms with Crippen molar-refractivity contribution in [3.05, 3.63) is 47.9 Å². The van der Waals surface area contributed by atoms with Gasteiger partial charge in [0.1, 0.15) is 5.82 Å². The number of amides is 1. The molecule has 1 aliphatic heterocycles. The summed E-state index contributed by atoms with van der Waals surface area (Å²) in [5.41, 5.74) is 3.18. The first-order valence-electron chi connectivity index (χ1n) is 8.03. The number of carbonyl (C=O) groups is 1. The molecule has 23 heavy (non-hydrogen) atoms. The molecule has 1 aliphatic carbocycles. The van der Waals surface area contributed by atoms with E-state index < -0.39 is 0 Å². The summed E-state index contributed by atoms with van der Waals surface area (Å²) in [5, 5.41) is 2.89. The normalized spacial score (nSPS) is 18.6. The predicted molar refractivity (Wildman–Crippen MR) is 89.8 cm³/mol. The van der Waals surface area contributed by atoms with Crippen molar-refractivity contribution in [2.24, 2.45) is 0 Å². The third-order valence-corrected chi connectivity index (χ3v) is 4.66. The molecule has 1 amide bonds. The minimum Gasteiger partial charge on any atom is -0.367 e. The molecule has 1 N–H and O–H groups in total. The number of carbonyl (C=O) groups excluding carboxylic acids is 1. The summed E-state index contributed by atoms with van der Waals surface area (Å²) in [5.74, 6) is 0.448. The van der Waals surface area contributed by atoms with E-state index in [-0.39, 0.29) is 11.3 Å². The lowest BCUT2D eigenvalue weighted by Crippen LogP contribution is -2.30. The van der Waals surface area contributed by atoms with Crippen LogP contribution >= 0.6 is 0 Å². The maximum atomic E-state index is 12.3. The highest BCUT2D eigenvalue weighted by molar-refractivity contribution is 6.03. The van der Waals surface area contributed by atoms with E-state index in [0.29, 0.717) is 17.4 Å². The van der Waals surface area contributed by atoms with E-state index in [9.17, 15) is 4.79 Å². The van der Waals surface area contributed by atoms with E-state index in [1.54, 1.807) is 24.5 Å². The summed E-state index contributed by atoms with van der Waals surface area (Å²) in [6.07, 6.45) is 7.66. The Morgan fingerprint density at radius 2 is 2.04 bits per heavy atom. The largest absolute Gasteiger partial charge is 0.367 e. The van der Waals surface area contributed by atoms with Gasteiger partial charge in [0.25, 0.3) is 5.91 Å². The third-order valence-electron chi connectivity index (χ3n) is 4.66. The quantitative estimate of drug-likeness (QED) is 0.947. The SMILES string of the molecule is CC1(C)CN(C2CC2)c2cc(NC(=O)c3ccncc3)ncc21. The molecule has 0 unspecified atom stereocenters. The molecule has 5 heteroatoms. The van der Waals surface area contributed by atoms with Crippen LogP contribution in [0.5, 0.6) is 0 Å². The van der Waals surface area contributed by atoms with Gasteiger partial charge in [-0.3, -0.25) is 9.78 Å².